The van der Waals surface area contributed by atoms with Crippen molar-refractivity contribution in [3.63, 3.8) is 0 Å². The summed E-state index contributed by atoms with van der Waals surface area (Å²) in [5.74, 6) is -0.172. The summed E-state index contributed by atoms with van der Waals surface area (Å²) in [6, 6.07) is 11.2. The summed E-state index contributed by atoms with van der Waals surface area (Å²) in [5.41, 5.74) is 6.19. The van der Waals surface area contributed by atoms with Crippen molar-refractivity contribution in [2.45, 2.75) is 32.0 Å². The first-order valence-electron chi connectivity index (χ1n) is 6.43. The van der Waals surface area contributed by atoms with Crippen molar-refractivity contribution in [1.29, 1.82) is 0 Å². The maximum absolute atomic E-state index is 13.2. The Morgan fingerprint density at radius 3 is 2.26 bits per heavy atom. The van der Waals surface area contributed by atoms with Crippen LogP contribution in [0.3, 0.4) is 0 Å². The Morgan fingerprint density at radius 2 is 1.68 bits per heavy atom. The Kier molecular flexibility index (Phi) is 4.41. The van der Waals surface area contributed by atoms with Crippen molar-refractivity contribution in [1.82, 2.24) is 0 Å². The lowest BCUT2D eigenvalue weighted by Gasteiger charge is -2.17. The van der Waals surface area contributed by atoms with Gasteiger partial charge in [0.05, 0.1) is 0 Å². The molecule has 2 aromatic rings. The average Bonchev–Trinajstić information content (AvgIpc) is 2.27. The summed E-state index contributed by atoms with van der Waals surface area (Å²) >= 11 is 3.75. The molecule has 2 rings (SSSR count). The van der Waals surface area contributed by atoms with Crippen molar-refractivity contribution >= 4 is 15.9 Å². The molecule has 1 atom stereocenters. The molecule has 0 N–H and O–H groups in total. The van der Waals surface area contributed by atoms with Crippen LogP contribution in [-0.4, -0.2) is 0 Å². The molecule has 0 saturated heterocycles. The molecule has 0 aliphatic heterocycles. The number of halogens is 2. The second-order valence-electron chi connectivity index (χ2n) is 5.11. The van der Waals surface area contributed by atoms with Crippen molar-refractivity contribution in [2.24, 2.45) is 0 Å². The standard InChI is InChI=1S/C17H18BrF/c1-11-7-12(2)17(13(3)8-11)16(18)10-14-5-4-6-15(19)9-14/h4-9,16H,10H2,1-3H3. The van der Waals surface area contributed by atoms with E-state index in [9.17, 15) is 4.39 Å². The second-order valence-corrected chi connectivity index (χ2v) is 6.22. The van der Waals surface area contributed by atoms with E-state index in [1.807, 2.05) is 6.07 Å². The highest BCUT2D eigenvalue weighted by Crippen LogP contribution is 2.32. The van der Waals surface area contributed by atoms with E-state index < -0.39 is 0 Å². The van der Waals surface area contributed by atoms with Crippen LogP contribution < -0.4 is 0 Å². The van der Waals surface area contributed by atoms with E-state index >= 15 is 0 Å². The quantitative estimate of drug-likeness (QED) is 0.661. The molecule has 0 amide bonds. The first-order valence-corrected chi connectivity index (χ1v) is 7.35. The Bertz CT molecular complexity index is 567. The summed E-state index contributed by atoms with van der Waals surface area (Å²) in [6.45, 7) is 6.38. The lowest BCUT2D eigenvalue weighted by Crippen LogP contribution is -2.02. The van der Waals surface area contributed by atoms with Crippen molar-refractivity contribution in [3.05, 3.63) is 70.0 Å². The lowest BCUT2D eigenvalue weighted by atomic mass is 9.94. The summed E-state index contributed by atoms with van der Waals surface area (Å²) < 4.78 is 13.2. The van der Waals surface area contributed by atoms with Crippen LogP contribution in [-0.2, 0) is 6.42 Å². The molecular weight excluding hydrogens is 303 g/mol. The van der Waals surface area contributed by atoms with Gasteiger partial charge in [0.25, 0.3) is 0 Å². The van der Waals surface area contributed by atoms with Gasteiger partial charge in [0.1, 0.15) is 5.82 Å². The first-order chi connectivity index (χ1) is 8.97. The number of rotatable bonds is 3. The Morgan fingerprint density at radius 1 is 1.05 bits per heavy atom. The predicted molar refractivity (Wildman–Crippen MR) is 82.4 cm³/mol. The Labute approximate surface area is 122 Å². The van der Waals surface area contributed by atoms with E-state index in [1.54, 1.807) is 12.1 Å². The zero-order valence-electron chi connectivity index (χ0n) is 11.5. The van der Waals surface area contributed by atoms with Gasteiger partial charge in [-0.3, -0.25) is 0 Å². The van der Waals surface area contributed by atoms with Gasteiger partial charge in [-0.25, -0.2) is 4.39 Å². The third-order valence-electron chi connectivity index (χ3n) is 3.36. The van der Waals surface area contributed by atoms with Crippen LogP contribution >= 0.6 is 15.9 Å². The second kappa shape index (κ2) is 5.87. The average molecular weight is 321 g/mol. The predicted octanol–water partition coefficient (Wildman–Crippen LogP) is 5.43. The SMILES string of the molecule is Cc1cc(C)c(C(Br)Cc2cccc(F)c2)c(C)c1. The fourth-order valence-electron chi connectivity index (χ4n) is 2.66. The monoisotopic (exact) mass is 320 g/mol. The van der Waals surface area contributed by atoms with Crippen LogP contribution in [0.2, 0.25) is 0 Å². The fraction of sp³-hybridized carbons (Fsp3) is 0.294. The molecule has 0 bridgehead atoms. The fourth-order valence-corrected chi connectivity index (χ4v) is 3.75. The zero-order chi connectivity index (χ0) is 14.0. The van der Waals surface area contributed by atoms with E-state index in [0.717, 1.165) is 12.0 Å². The van der Waals surface area contributed by atoms with Gasteiger partial charge in [-0.15, -0.1) is 0 Å². The number of benzene rings is 2. The van der Waals surface area contributed by atoms with Gasteiger partial charge < -0.3 is 0 Å². The van der Waals surface area contributed by atoms with Gasteiger partial charge in [-0.2, -0.15) is 0 Å². The normalized spacial score (nSPS) is 12.5. The number of hydrogen-bond acceptors (Lipinski definition) is 0. The topological polar surface area (TPSA) is 0 Å². The van der Waals surface area contributed by atoms with Crippen molar-refractivity contribution in [3.8, 4) is 0 Å². The van der Waals surface area contributed by atoms with Crippen LogP contribution in [0.25, 0.3) is 0 Å². The summed E-state index contributed by atoms with van der Waals surface area (Å²) in [5, 5.41) is 0. The summed E-state index contributed by atoms with van der Waals surface area (Å²) in [4.78, 5) is 0.217. The molecule has 100 valence electrons. The third kappa shape index (κ3) is 3.44. The molecular formula is C17H18BrF. The van der Waals surface area contributed by atoms with E-state index in [0.29, 0.717) is 0 Å². The maximum atomic E-state index is 13.2. The largest absolute Gasteiger partial charge is 0.207 e. The Hall–Kier alpha value is -1.15. The summed E-state index contributed by atoms with van der Waals surface area (Å²) in [7, 11) is 0. The highest BCUT2D eigenvalue weighted by Gasteiger charge is 2.14. The molecule has 0 aliphatic rings. The molecule has 0 aromatic heterocycles. The molecule has 0 heterocycles. The van der Waals surface area contributed by atoms with Gasteiger partial charge in [-0.1, -0.05) is 45.8 Å². The van der Waals surface area contributed by atoms with Gasteiger partial charge in [-0.05, 0) is 61.6 Å². The molecule has 0 saturated carbocycles. The molecule has 2 heteroatoms. The lowest BCUT2D eigenvalue weighted by molar-refractivity contribution is 0.625. The van der Waals surface area contributed by atoms with Gasteiger partial charge in [0, 0.05) is 4.83 Å². The summed E-state index contributed by atoms with van der Waals surface area (Å²) in [6.07, 6.45) is 0.794. The highest BCUT2D eigenvalue weighted by atomic mass is 79.9. The molecule has 19 heavy (non-hydrogen) atoms. The molecule has 0 fully saturated rings. The minimum Gasteiger partial charge on any atom is -0.207 e. The van der Waals surface area contributed by atoms with E-state index in [-0.39, 0.29) is 10.6 Å². The Balaban J connectivity index is 2.28. The highest BCUT2D eigenvalue weighted by molar-refractivity contribution is 9.09. The molecule has 1 unspecified atom stereocenters. The number of hydrogen-bond donors (Lipinski definition) is 0. The zero-order valence-corrected chi connectivity index (χ0v) is 13.1. The number of aryl methyl sites for hydroxylation is 3. The van der Waals surface area contributed by atoms with Crippen LogP contribution in [0, 0.1) is 26.6 Å². The van der Waals surface area contributed by atoms with Gasteiger partial charge >= 0.3 is 0 Å². The molecule has 2 aromatic carbocycles. The molecule has 0 aliphatic carbocycles. The van der Waals surface area contributed by atoms with Crippen molar-refractivity contribution in [2.75, 3.05) is 0 Å². The minimum absolute atomic E-state index is 0.172. The smallest absolute Gasteiger partial charge is 0.123 e. The van der Waals surface area contributed by atoms with E-state index in [1.165, 1.54) is 28.3 Å². The molecule has 0 radical (unpaired) electrons. The molecule has 0 nitrogen and oxygen atoms in total. The van der Waals surface area contributed by atoms with E-state index in [4.69, 9.17) is 0 Å². The minimum atomic E-state index is -0.172. The van der Waals surface area contributed by atoms with Crippen molar-refractivity contribution < 1.29 is 4.39 Å². The third-order valence-corrected chi connectivity index (χ3v) is 4.14. The maximum Gasteiger partial charge on any atom is 0.123 e. The van der Waals surface area contributed by atoms with E-state index in [2.05, 4.69) is 48.8 Å². The first kappa shape index (κ1) is 14.3. The van der Waals surface area contributed by atoms with Gasteiger partial charge in [0.2, 0.25) is 0 Å². The number of alkyl halides is 1. The van der Waals surface area contributed by atoms with Crippen LogP contribution in [0.1, 0.15) is 32.6 Å². The van der Waals surface area contributed by atoms with Crippen LogP contribution in [0.4, 0.5) is 4.39 Å². The van der Waals surface area contributed by atoms with Gasteiger partial charge in [0.15, 0.2) is 0 Å². The molecule has 0 spiro atoms. The van der Waals surface area contributed by atoms with Crippen LogP contribution in [0.15, 0.2) is 36.4 Å². The van der Waals surface area contributed by atoms with Crippen LogP contribution in [0.5, 0.6) is 0 Å².